The van der Waals surface area contributed by atoms with E-state index in [1.165, 1.54) is 6.21 Å². The molecule has 0 bridgehead atoms. The summed E-state index contributed by atoms with van der Waals surface area (Å²) in [6.45, 7) is 2.47. The smallest absolute Gasteiger partial charge is 0.271 e. The van der Waals surface area contributed by atoms with Crippen molar-refractivity contribution in [3.8, 4) is 23.1 Å². The molecule has 134 valence electrons. The maximum Gasteiger partial charge on any atom is 0.271 e. The van der Waals surface area contributed by atoms with Crippen LogP contribution < -0.4 is 10.2 Å². The first-order valence-electron chi connectivity index (χ1n) is 8.37. The van der Waals surface area contributed by atoms with Gasteiger partial charge in [-0.25, -0.2) is 5.43 Å². The van der Waals surface area contributed by atoms with E-state index in [1.54, 1.807) is 48.5 Å². The van der Waals surface area contributed by atoms with E-state index in [-0.39, 0.29) is 5.91 Å². The predicted octanol–water partition coefficient (Wildman–Crippen LogP) is 3.98. The fourth-order valence-electron chi connectivity index (χ4n) is 2.45. The number of hydrogen-bond donors (Lipinski definition) is 1. The van der Waals surface area contributed by atoms with Crippen LogP contribution >= 0.6 is 0 Å². The van der Waals surface area contributed by atoms with E-state index in [2.05, 4.69) is 16.6 Å². The topological polar surface area (TPSA) is 87.6 Å². The monoisotopic (exact) mass is 359 g/mol. The van der Waals surface area contributed by atoms with Crippen LogP contribution in [0.4, 0.5) is 0 Å². The number of carbonyl (C=O) groups is 1. The van der Waals surface area contributed by atoms with Crippen molar-refractivity contribution in [2.75, 3.05) is 6.61 Å². The lowest BCUT2D eigenvalue weighted by Crippen LogP contribution is -2.17. The Labute approximate surface area is 156 Å². The summed E-state index contributed by atoms with van der Waals surface area (Å²) in [5, 5.41) is 13.1. The Morgan fingerprint density at radius 2 is 1.96 bits per heavy atom. The lowest BCUT2D eigenvalue weighted by Gasteiger charge is -2.03. The molecule has 0 saturated carbocycles. The van der Waals surface area contributed by atoms with Gasteiger partial charge in [-0.3, -0.25) is 4.79 Å². The second kappa shape index (κ2) is 8.50. The van der Waals surface area contributed by atoms with Crippen molar-refractivity contribution in [1.29, 1.82) is 5.26 Å². The van der Waals surface area contributed by atoms with Gasteiger partial charge in [0.15, 0.2) is 0 Å². The van der Waals surface area contributed by atoms with E-state index in [4.69, 9.17) is 9.15 Å². The molecule has 1 amide bonds. The van der Waals surface area contributed by atoms with Crippen LogP contribution in [0.3, 0.4) is 0 Å². The number of ether oxygens (including phenoxy) is 1. The van der Waals surface area contributed by atoms with Crippen molar-refractivity contribution in [2.24, 2.45) is 5.10 Å². The van der Waals surface area contributed by atoms with E-state index < -0.39 is 0 Å². The Hall–Kier alpha value is -3.85. The van der Waals surface area contributed by atoms with Crippen LogP contribution in [-0.2, 0) is 0 Å². The second-order valence-electron chi connectivity index (χ2n) is 5.52. The first-order chi connectivity index (χ1) is 13.2. The van der Waals surface area contributed by atoms with Crippen molar-refractivity contribution in [3.05, 3.63) is 77.6 Å². The van der Waals surface area contributed by atoms with Gasteiger partial charge in [0.05, 0.1) is 24.5 Å². The second-order valence-corrected chi connectivity index (χ2v) is 5.52. The SMILES string of the molecule is CCOc1ccc(C(=O)N/N=C\c2ccc(-c3ccccc3C#N)o2)cc1. The summed E-state index contributed by atoms with van der Waals surface area (Å²) < 4.78 is 11.0. The fourth-order valence-corrected chi connectivity index (χ4v) is 2.45. The molecule has 1 aromatic heterocycles. The third-order valence-electron chi connectivity index (χ3n) is 3.73. The van der Waals surface area contributed by atoms with Gasteiger partial charge in [-0.15, -0.1) is 0 Å². The number of nitrogens with zero attached hydrogens (tertiary/aromatic N) is 2. The number of hydrazone groups is 1. The highest BCUT2D eigenvalue weighted by Crippen LogP contribution is 2.24. The highest BCUT2D eigenvalue weighted by atomic mass is 16.5. The highest BCUT2D eigenvalue weighted by molar-refractivity contribution is 5.94. The molecule has 27 heavy (non-hydrogen) atoms. The average molecular weight is 359 g/mol. The number of hydrogen-bond acceptors (Lipinski definition) is 5. The van der Waals surface area contributed by atoms with Gasteiger partial charge in [0.2, 0.25) is 0 Å². The lowest BCUT2D eigenvalue weighted by molar-refractivity contribution is 0.0955. The Bertz CT molecular complexity index is 998. The van der Waals surface area contributed by atoms with E-state index in [1.807, 2.05) is 19.1 Å². The van der Waals surface area contributed by atoms with Crippen LogP contribution in [0, 0.1) is 11.3 Å². The van der Waals surface area contributed by atoms with E-state index in [0.29, 0.717) is 40.6 Å². The number of nitriles is 1. The lowest BCUT2D eigenvalue weighted by atomic mass is 10.1. The molecule has 0 atom stereocenters. The molecule has 3 rings (SSSR count). The summed E-state index contributed by atoms with van der Waals surface area (Å²) in [7, 11) is 0. The molecule has 0 spiro atoms. The van der Waals surface area contributed by atoms with Gasteiger partial charge in [0.1, 0.15) is 17.3 Å². The maximum absolute atomic E-state index is 12.1. The third-order valence-corrected chi connectivity index (χ3v) is 3.73. The number of benzene rings is 2. The summed E-state index contributed by atoms with van der Waals surface area (Å²) in [5.41, 5.74) is 4.15. The van der Waals surface area contributed by atoms with Gasteiger partial charge < -0.3 is 9.15 Å². The number of carbonyl (C=O) groups excluding carboxylic acids is 1. The standard InChI is InChI=1S/C21H17N3O3/c1-2-26-17-9-7-15(8-10-17)21(25)24-23-14-18-11-12-20(27-18)19-6-4-3-5-16(19)13-22/h3-12,14H,2H2,1H3,(H,24,25)/b23-14-. The Kier molecular flexibility index (Phi) is 5.65. The van der Waals surface area contributed by atoms with Crippen molar-refractivity contribution >= 4 is 12.1 Å². The molecule has 0 fully saturated rings. The van der Waals surface area contributed by atoms with Gasteiger partial charge in [0.25, 0.3) is 5.91 Å². The van der Waals surface area contributed by atoms with Crippen LogP contribution in [0.2, 0.25) is 0 Å². The molecule has 1 heterocycles. The van der Waals surface area contributed by atoms with E-state index in [9.17, 15) is 10.1 Å². The summed E-state index contributed by atoms with van der Waals surface area (Å²) in [5.74, 6) is 1.39. The van der Waals surface area contributed by atoms with Gasteiger partial charge in [-0.1, -0.05) is 12.1 Å². The van der Waals surface area contributed by atoms with E-state index in [0.717, 1.165) is 0 Å². The van der Waals surface area contributed by atoms with Crippen molar-refractivity contribution in [1.82, 2.24) is 5.43 Å². The Morgan fingerprint density at radius 1 is 1.19 bits per heavy atom. The molecular weight excluding hydrogens is 342 g/mol. The first kappa shape index (κ1) is 18.0. The molecule has 2 aromatic carbocycles. The number of furan rings is 1. The maximum atomic E-state index is 12.1. The quantitative estimate of drug-likeness (QED) is 0.533. The van der Waals surface area contributed by atoms with Crippen molar-refractivity contribution < 1.29 is 13.9 Å². The van der Waals surface area contributed by atoms with Gasteiger partial charge in [-0.05, 0) is 55.5 Å². The number of rotatable bonds is 6. The molecule has 0 aliphatic heterocycles. The minimum atomic E-state index is -0.337. The Balaban J connectivity index is 1.64. The number of amides is 1. The molecule has 0 radical (unpaired) electrons. The molecule has 0 saturated heterocycles. The van der Waals surface area contributed by atoms with Crippen molar-refractivity contribution in [2.45, 2.75) is 6.92 Å². The third kappa shape index (κ3) is 4.41. The van der Waals surface area contributed by atoms with Gasteiger partial charge >= 0.3 is 0 Å². The molecular formula is C21H17N3O3. The highest BCUT2D eigenvalue weighted by Gasteiger charge is 2.08. The van der Waals surface area contributed by atoms with Crippen molar-refractivity contribution in [3.63, 3.8) is 0 Å². The van der Waals surface area contributed by atoms with E-state index >= 15 is 0 Å². The zero-order valence-electron chi connectivity index (χ0n) is 14.7. The van der Waals surface area contributed by atoms with Gasteiger partial charge in [0, 0.05) is 11.1 Å². The zero-order chi connectivity index (χ0) is 19.1. The molecule has 6 nitrogen and oxygen atoms in total. The molecule has 0 aliphatic rings. The number of nitrogens with one attached hydrogen (secondary N) is 1. The summed E-state index contributed by atoms with van der Waals surface area (Å²) in [4.78, 5) is 12.1. The fraction of sp³-hybridized carbons (Fsp3) is 0.0952. The molecule has 0 aliphatic carbocycles. The molecule has 3 aromatic rings. The summed E-state index contributed by atoms with van der Waals surface area (Å²) in [6.07, 6.45) is 1.41. The minimum absolute atomic E-state index is 0.337. The van der Waals surface area contributed by atoms with Crippen LogP contribution in [0.25, 0.3) is 11.3 Å². The van der Waals surface area contributed by atoms with Crippen LogP contribution in [-0.4, -0.2) is 18.7 Å². The largest absolute Gasteiger partial charge is 0.494 e. The zero-order valence-corrected chi connectivity index (χ0v) is 14.7. The van der Waals surface area contributed by atoms with Gasteiger partial charge in [-0.2, -0.15) is 10.4 Å². The average Bonchev–Trinajstić information content (AvgIpc) is 3.17. The molecule has 1 N–H and O–H groups in total. The summed E-state index contributed by atoms with van der Waals surface area (Å²) in [6, 6.07) is 19.6. The Morgan fingerprint density at radius 3 is 2.70 bits per heavy atom. The predicted molar refractivity (Wildman–Crippen MR) is 102 cm³/mol. The first-order valence-corrected chi connectivity index (χ1v) is 8.37. The normalized spacial score (nSPS) is 10.5. The summed E-state index contributed by atoms with van der Waals surface area (Å²) >= 11 is 0. The van der Waals surface area contributed by atoms with Crippen LogP contribution in [0.5, 0.6) is 5.75 Å². The molecule has 0 unspecified atom stereocenters. The van der Waals surface area contributed by atoms with Crippen LogP contribution in [0.1, 0.15) is 28.6 Å². The van der Waals surface area contributed by atoms with Crippen LogP contribution in [0.15, 0.2) is 70.2 Å². The molecule has 6 heteroatoms. The minimum Gasteiger partial charge on any atom is -0.494 e.